The molecule has 0 bridgehead atoms. The summed E-state index contributed by atoms with van der Waals surface area (Å²) in [5.41, 5.74) is 4.93. The Morgan fingerprint density at radius 3 is 2.89 bits per heavy atom. The van der Waals surface area contributed by atoms with Gasteiger partial charge in [-0.15, -0.1) is 0 Å². The van der Waals surface area contributed by atoms with E-state index in [9.17, 15) is 9.90 Å². The fraction of sp³-hybridized carbons (Fsp3) is 0.500. The van der Waals surface area contributed by atoms with E-state index < -0.39 is 18.3 Å². The fourth-order valence-electron chi connectivity index (χ4n) is 1.87. The van der Waals surface area contributed by atoms with E-state index in [0.717, 1.165) is 0 Å². The van der Waals surface area contributed by atoms with Crippen LogP contribution in [0.15, 0.2) is 17.0 Å². The molecular formula is C10H13BrN4O3. The summed E-state index contributed by atoms with van der Waals surface area (Å²) >= 11 is 3.21. The van der Waals surface area contributed by atoms with Gasteiger partial charge in [-0.05, 0) is 15.9 Å². The van der Waals surface area contributed by atoms with Gasteiger partial charge < -0.3 is 20.5 Å². The number of anilines is 1. The molecule has 1 saturated heterocycles. The summed E-state index contributed by atoms with van der Waals surface area (Å²) in [6, 6.07) is 0. The minimum absolute atomic E-state index is 0.328. The number of halogens is 1. The molecule has 98 valence electrons. The summed E-state index contributed by atoms with van der Waals surface area (Å²) < 4.78 is 5.48. The Hall–Kier alpha value is -1.41. The van der Waals surface area contributed by atoms with E-state index in [4.69, 9.17) is 10.5 Å². The minimum Gasteiger partial charge on any atom is -0.443 e. The van der Waals surface area contributed by atoms with Crippen LogP contribution in [0.5, 0.6) is 0 Å². The topological polar surface area (TPSA) is 102 Å². The van der Waals surface area contributed by atoms with Crippen LogP contribution in [0, 0.1) is 0 Å². The van der Waals surface area contributed by atoms with Crippen molar-refractivity contribution >= 4 is 27.8 Å². The number of carbonyl (C=O) groups excluding carboxylic acids is 1. The highest BCUT2D eigenvalue weighted by Crippen LogP contribution is 2.20. The van der Waals surface area contributed by atoms with Gasteiger partial charge in [-0.25, -0.2) is 14.8 Å². The van der Waals surface area contributed by atoms with E-state index in [2.05, 4.69) is 25.9 Å². The molecule has 0 aromatic carbocycles. The lowest BCUT2D eigenvalue weighted by molar-refractivity contribution is -0.00381. The maximum Gasteiger partial charge on any atom is 0.404 e. The number of nitrogens with zero attached hydrogens (tertiary/aromatic N) is 3. The third kappa shape index (κ3) is 3.08. The molecule has 1 fully saturated rings. The molecule has 7 nitrogen and oxygen atoms in total. The summed E-state index contributed by atoms with van der Waals surface area (Å²) in [5.74, 6) is 0.676. The third-order valence-corrected chi connectivity index (χ3v) is 3.13. The van der Waals surface area contributed by atoms with Gasteiger partial charge in [-0.3, -0.25) is 0 Å². The van der Waals surface area contributed by atoms with Crippen LogP contribution in [0.3, 0.4) is 0 Å². The molecule has 1 aromatic rings. The van der Waals surface area contributed by atoms with Gasteiger partial charge in [0.05, 0.1) is 12.4 Å². The van der Waals surface area contributed by atoms with Crippen molar-refractivity contribution in [1.82, 2.24) is 9.97 Å². The van der Waals surface area contributed by atoms with Crippen molar-refractivity contribution in [2.24, 2.45) is 5.73 Å². The van der Waals surface area contributed by atoms with Crippen molar-refractivity contribution in [1.29, 1.82) is 0 Å². The van der Waals surface area contributed by atoms with E-state index in [-0.39, 0.29) is 0 Å². The number of β-amino-alcohol motifs (C(OH)–C–C–N with tert-alkyl or cyclic N) is 1. The van der Waals surface area contributed by atoms with Gasteiger partial charge in [-0.2, -0.15) is 0 Å². The van der Waals surface area contributed by atoms with E-state index in [0.29, 0.717) is 29.9 Å². The highest BCUT2D eigenvalue weighted by atomic mass is 79.9. The molecule has 8 heteroatoms. The smallest absolute Gasteiger partial charge is 0.404 e. The first-order valence-electron chi connectivity index (χ1n) is 5.43. The van der Waals surface area contributed by atoms with E-state index in [1.165, 1.54) is 0 Å². The quantitative estimate of drug-likeness (QED) is 0.812. The number of piperidine rings is 1. The predicted octanol–water partition coefficient (Wildman–Crippen LogP) is 0.274. The Balaban J connectivity index is 1.99. The Labute approximate surface area is 112 Å². The van der Waals surface area contributed by atoms with Crippen LogP contribution in [-0.4, -0.2) is 46.5 Å². The lowest BCUT2D eigenvalue weighted by Gasteiger charge is -2.35. The second kappa shape index (κ2) is 5.49. The third-order valence-electron chi connectivity index (χ3n) is 2.72. The number of amides is 1. The molecule has 0 saturated carbocycles. The average Bonchev–Trinajstić information content (AvgIpc) is 2.32. The van der Waals surface area contributed by atoms with E-state index in [1.807, 2.05) is 4.90 Å². The zero-order valence-electron chi connectivity index (χ0n) is 9.49. The normalized spacial score (nSPS) is 23.8. The summed E-state index contributed by atoms with van der Waals surface area (Å²) in [7, 11) is 0. The average molecular weight is 317 g/mol. The monoisotopic (exact) mass is 316 g/mol. The van der Waals surface area contributed by atoms with Crippen molar-refractivity contribution < 1.29 is 14.6 Å². The van der Waals surface area contributed by atoms with Gasteiger partial charge in [0.15, 0.2) is 0 Å². The molecule has 3 N–H and O–H groups in total. The van der Waals surface area contributed by atoms with Crippen LogP contribution >= 0.6 is 15.9 Å². The SMILES string of the molecule is NC(=O)OC1CCN(c2cnc(Br)cn2)CC1O. The molecule has 18 heavy (non-hydrogen) atoms. The summed E-state index contributed by atoms with van der Waals surface area (Å²) in [6.07, 6.45) is 1.51. The molecule has 0 radical (unpaired) electrons. The summed E-state index contributed by atoms with van der Waals surface area (Å²) in [5, 5.41) is 9.87. The Bertz CT molecular complexity index is 428. The van der Waals surface area contributed by atoms with E-state index >= 15 is 0 Å². The van der Waals surface area contributed by atoms with Gasteiger partial charge in [-0.1, -0.05) is 0 Å². The first-order valence-corrected chi connectivity index (χ1v) is 6.22. The van der Waals surface area contributed by atoms with Crippen LogP contribution in [0.4, 0.5) is 10.6 Å². The predicted molar refractivity (Wildman–Crippen MR) is 67.0 cm³/mol. The van der Waals surface area contributed by atoms with Gasteiger partial charge in [0.25, 0.3) is 0 Å². The molecule has 1 aliphatic rings. The first kappa shape index (κ1) is 13.0. The first-order chi connectivity index (χ1) is 8.56. The maximum absolute atomic E-state index is 10.6. The maximum atomic E-state index is 10.6. The van der Waals surface area contributed by atoms with Crippen molar-refractivity contribution in [2.75, 3.05) is 18.0 Å². The van der Waals surface area contributed by atoms with Crippen molar-refractivity contribution in [3.8, 4) is 0 Å². The van der Waals surface area contributed by atoms with Crippen LogP contribution in [0.1, 0.15) is 6.42 Å². The Morgan fingerprint density at radius 2 is 2.33 bits per heavy atom. The largest absolute Gasteiger partial charge is 0.443 e. The summed E-state index contributed by atoms with van der Waals surface area (Å²) in [6.45, 7) is 0.944. The molecule has 1 aromatic heterocycles. The molecule has 2 atom stereocenters. The summed E-state index contributed by atoms with van der Waals surface area (Å²) in [4.78, 5) is 20.8. The molecular weight excluding hydrogens is 304 g/mol. The number of nitrogens with two attached hydrogens (primary N) is 1. The number of ether oxygens (including phenoxy) is 1. The van der Waals surface area contributed by atoms with Gasteiger partial charge >= 0.3 is 6.09 Å². The molecule has 0 aliphatic carbocycles. The highest BCUT2D eigenvalue weighted by molar-refractivity contribution is 9.10. The number of carbonyl (C=O) groups is 1. The van der Waals surface area contributed by atoms with Crippen molar-refractivity contribution in [3.63, 3.8) is 0 Å². The molecule has 2 rings (SSSR count). The fourth-order valence-corrected chi connectivity index (χ4v) is 2.08. The molecule has 1 aliphatic heterocycles. The molecule has 0 spiro atoms. The van der Waals surface area contributed by atoms with E-state index in [1.54, 1.807) is 12.4 Å². The zero-order valence-corrected chi connectivity index (χ0v) is 11.1. The molecule has 2 heterocycles. The van der Waals surface area contributed by atoms with Crippen LogP contribution in [0.25, 0.3) is 0 Å². The minimum atomic E-state index is -0.865. The van der Waals surface area contributed by atoms with Crippen molar-refractivity contribution in [2.45, 2.75) is 18.6 Å². The van der Waals surface area contributed by atoms with Crippen LogP contribution in [-0.2, 0) is 4.74 Å². The Kier molecular flexibility index (Phi) is 3.97. The van der Waals surface area contributed by atoms with Gasteiger partial charge in [0.2, 0.25) is 0 Å². The van der Waals surface area contributed by atoms with Crippen LogP contribution < -0.4 is 10.6 Å². The lowest BCUT2D eigenvalue weighted by Crippen LogP contribution is -2.49. The molecule has 2 unspecified atom stereocenters. The molecule has 1 amide bonds. The standard InChI is InChI=1S/C10H13BrN4O3/c11-8-3-14-9(4-13-8)15-2-1-7(6(16)5-15)18-10(12)17/h3-4,6-7,16H,1-2,5H2,(H2,12,17). The van der Waals surface area contributed by atoms with Gasteiger partial charge in [0, 0.05) is 19.5 Å². The number of aliphatic hydroxyl groups is 1. The number of hydrogen-bond donors (Lipinski definition) is 2. The van der Waals surface area contributed by atoms with Crippen LogP contribution in [0.2, 0.25) is 0 Å². The Morgan fingerprint density at radius 1 is 1.56 bits per heavy atom. The lowest BCUT2D eigenvalue weighted by atomic mass is 10.1. The second-order valence-electron chi connectivity index (χ2n) is 3.97. The highest BCUT2D eigenvalue weighted by Gasteiger charge is 2.30. The van der Waals surface area contributed by atoms with Crippen molar-refractivity contribution in [3.05, 3.63) is 17.0 Å². The number of hydrogen-bond acceptors (Lipinski definition) is 6. The second-order valence-corrected chi connectivity index (χ2v) is 4.79. The zero-order chi connectivity index (χ0) is 13.1. The number of rotatable bonds is 2. The number of aromatic nitrogens is 2. The number of aliphatic hydroxyl groups excluding tert-OH is 1. The van der Waals surface area contributed by atoms with Gasteiger partial charge in [0.1, 0.15) is 22.6 Å². The number of primary amides is 1.